The van der Waals surface area contributed by atoms with E-state index in [1.165, 1.54) is 17.0 Å². The molecule has 1 atom stereocenters. The fourth-order valence-corrected chi connectivity index (χ4v) is 3.18. The van der Waals surface area contributed by atoms with Gasteiger partial charge in [-0.15, -0.1) is 0 Å². The highest BCUT2D eigenvalue weighted by atomic mass is 35.5. The van der Waals surface area contributed by atoms with Crippen molar-refractivity contribution in [2.24, 2.45) is 5.92 Å². The summed E-state index contributed by atoms with van der Waals surface area (Å²) in [6.07, 6.45) is 0.688. The van der Waals surface area contributed by atoms with Crippen molar-refractivity contribution in [3.05, 3.63) is 65.0 Å². The number of alkyl halides is 3. The molecule has 0 bridgehead atoms. The summed E-state index contributed by atoms with van der Waals surface area (Å²) in [5.41, 5.74) is -0.533. The van der Waals surface area contributed by atoms with Gasteiger partial charge in [-0.3, -0.25) is 9.59 Å². The number of allylic oxidation sites excluding steroid dienone is 2. The number of para-hydroxylation sites is 1. The number of rotatable bonds is 6. The SMILES string of the molecule is CN(C)C(=O)C1C=CC(NC(=O)COc2cc(C(F)(F)F)nn2-c2ccccc2Cl)=CC1. The highest BCUT2D eigenvalue weighted by molar-refractivity contribution is 6.32. The topological polar surface area (TPSA) is 76.5 Å². The lowest BCUT2D eigenvalue weighted by atomic mass is 9.98. The van der Waals surface area contributed by atoms with E-state index in [4.69, 9.17) is 16.3 Å². The van der Waals surface area contributed by atoms with Crippen LogP contribution in [0.3, 0.4) is 0 Å². The van der Waals surface area contributed by atoms with Gasteiger partial charge in [-0.05, 0) is 24.6 Å². The van der Waals surface area contributed by atoms with Crippen LogP contribution in [0.5, 0.6) is 5.88 Å². The maximum Gasteiger partial charge on any atom is 0.435 e. The lowest BCUT2D eigenvalue weighted by Gasteiger charge is -2.19. The fraction of sp³-hybridized carbons (Fsp3) is 0.286. The third-order valence-electron chi connectivity index (χ3n) is 4.54. The van der Waals surface area contributed by atoms with Gasteiger partial charge in [-0.2, -0.15) is 23.0 Å². The van der Waals surface area contributed by atoms with Crippen LogP contribution in [0.4, 0.5) is 13.2 Å². The predicted molar refractivity (Wildman–Crippen MR) is 111 cm³/mol. The van der Waals surface area contributed by atoms with Crippen molar-refractivity contribution in [3.8, 4) is 11.6 Å². The molecule has 0 aliphatic heterocycles. The Morgan fingerprint density at radius 2 is 2.03 bits per heavy atom. The fourth-order valence-electron chi connectivity index (χ4n) is 2.97. The van der Waals surface area contributed by atoms with Crippen LogP contribution >= 0.6 is 11.6 Å². The van der Waals surface area contributed by atoms with Crippen LogP contribution in [0.25, 0.3) is 5.69 Å². The smallest absolute Gasteiger partial charge is 0.435 e. The minimum Gasteiger partial charge on any atom is -0.467 e. The van der Waals surface area contributed by atoms with Crippen molar-refractivity contribution in [3.63, 3.8) is 0 Å². The van der Waals surface area contributed by atoms with E-state index in [9.17, 15) is 22.8 Å². The molecule has 1 unspecified atom stereocenters. The van der Waals surface area contributed by atoms with Gasteiger partial charge in [0.1, 0.15) is 0 Å². The second-order valence-electron chi connectivity index (χ2n) is 7.16. The first-order valence-electron chi connectivity index (χ1n) is 9.50. The molecule has 11 heteroatoms. The molecule has 0 saturated carbocycles. The number of amides is 2. The Labute approximate surface area is 187 Å². The largest absolute Gasteiger partial charge is 0.467 e. The molecule has 1 aromatic carbocycles. The molecule has 2 amide bonds. The Kier molecular flexibility index (Phi) is 6.93. The van der Waals surface area contributed by atoms with Gasteiger partial charge in [0.2, 0.25) is 11.8 Å². The van der Waals surface area contributed by atoms with Crippen LogP contribution in [-0.4, -0.2) is 47.2 Å². The molecule has 1 aliphatic carbocycles. The molecule has 32 heavy (non-hydrogen) atoms. The second-order valence-corrected chi connectivity index (χ2v) is 7.57. The molecular formula is C21H20ClF3N4O3. The first-order valence-corrected chi connectivity index (χ1v) is 9.88. The highest BCUT2D eigenvalue weighted by Crippen LogP contribution is 2.33. The number of hydrogen-bond donors (Lipinski definition) is 1. The minimum absolute atomic E-state index is 0.0560. The number of carbonyl (C=O) groups is 2. The van der Waals surface area contributed by atoms with Crippen molar-refractivity contribution in [1.29, 1.82) is 0 Å². The van der Waals surface area contributed by atoms with Crippen molar-refractivity contribution >= 4 is 23.4 Å². The zero-order valence-corrected chi connectivity index (χ0v) is 17.9. The third kappa shape index (κ3) is 5.50. The third-order valence-corrected chi connectivity index (χ3v) is 4.86. The van der Waals surface area contributed by atoms with Gasteiger partial charge in [0.25, 0.3) is 5.91 Å². The van der Waals surface area contributed by atoms with Gasteiger partial charge in [-0.1, -0.05) is 35.9 Å². The second kappa shape index (κ2) is 9.47. The molecule has 0 radical (unpaired) electrons. The maximum atomic E-state index is 13.2. The Hall–Kier alpha value is -3.27. The van der Waals surface area contributed by atoms with Crippen LogP contribution in [0.2, 0.25) is 5.02 Å². The standard InChI is InChI=1S/C21H20ClF3N4O3/c1-28(2)20(31)13-7-9-14(10-8-13)26-18(30)12-32-19-11-17(21(23,24)25)27-29(19)16-6-4-3-5-15(16)22/h3-7,9-11,13H,8,12H2,1-2H3,(H,26,30). The lowest BCUT2D eigenvalue weighted by Crippen LogP contribution is -2.31. The summed E-state index contributed by atoms with van der Waals surface area (Å²) in [4.78, 5) is 25.7. The van der Waals surface area contributed by atoms with Crippen molar-refractivity contribution in [2.45, 2.75) is 12.6 Å². The van der Waals surface area contributed by atoms with Gasteiger partial charge in [0, 0.05) is 25.9 Å². The molecule has 1 aromatic heterocycles. The Morgan fingerprint density at radius 3 is 2.62 bits per heavy atom. The molecule has 7 nitrogen and oxygen atoms in total. The molecule has 1 aliphatic rings. The van der Waals surface area contributed by atoms with Crippen LogP contribution in [0, 0.1) is 5.92 Å². The average molecular weight is 469 g/mol. The number of carbonyl (C=O) groups excluding carboxylic acids is 2. The van der Waals surface area contributed by atoms with E-state index in [-0.39, 0.29) is 28.4 Å². The summed E-state index contributed by atoms with van der Waals surface area (Å²) in [6, 6.07) is 6.89. The van der Waals surface area contributed by atoms with Gasteiger partial charge in [0.15, 0.2) is 12.3 Å². The first kappa shape index (κ1) is 23.4. The van der Waals surface area contributed by atoms with Crippen molar-refractivity contribution < 1.29 is 27.5 Å². The molecule has 170 valence electrons. The zero-order chi connectivity index (χ0) is 23.5. The molecule has 0 fully saturated rings. The summed E-state index contributed by atoms with van der Waals surface area (Å²) in [6.45, 7) is -0.557. The molecule has 1 N–H and O–H groups in total. The van der Waals surface area contributed by atoms with Crippen molar-refractivity contribution in [1.82, 2.24) is 20.0 Å². The summed E-state index contributed by atoms with van der Waals surface area (Å²) in [5, 5.41) is 6.29. The molecule has 0 saturated heterocycles. The number of halogens is 4. The summed E-state index contributed by atoms with van der Waals surface area (Å²) in [5.74, 6) is -1.24. The van der Waals surface area contributed by atoms with Gasteiger partial charge in [-0.25, -0.2) is 0 Å². The predicted octanol–water partition coefficient (Wildman–Crippen LogP) is 3.59. The van der Waals surface area contributed by atoms with E-state index < -0.39 is 24.4 Å². The van der Waals surface area contributed by atoms with E-state index in [0.717, 1.165) is 4.68 Å². The Balaban J connectivity index is 1.69. The van der Waals surface area contributed by atoms with Crippen LogP contribution in [0.1, 0.15) is 12.1 Å². The molecule has 3 rings (SSSR count). The van der Waals surface area contributed by atoms with Gasteiger partial charge >= 0.3 is 6.18 Å². The number of benzene rings is 1. The number of nitrogens with zero attached hydrogens (tertiary/aromatic N) is 3. The average Bonchev–Trinajstić information content (AvgIpc) is 3.17. The Bertz CT molecular complexity index is 1080. The van der Waals surface area contributed by atoms with Gasteiger partial charge < -0.3 is 15.0 Å². The maximum absolute atomic E-state index is 13.2. The number of ether oxygens (including phenoxy) is 1. The summed E-state index contributed by atoms with van der Waals surface area (Å²) >= 11 is 6.08. The van der Waals surface area contributed by atoms with Crippen LogP contribution in [-0.2, 0) is 15.8 Å². The molecule has 1 heterocycles. The monoisotopic (exact) mass is 468 g/mol. The van der Waals surface area contributed by atoms with E-state index in [1.807, 2.05) is 0 Å². The van der Waals surface area contributed by atoms with E-state index in [1.54, 1.807) is 44.5 Å². The quantitative estimate of drug-likeness (QED) is 0.703. The summed E-state index contributed by atoms with van der Waals surface area (Å²) < 4.78 is 45.7. The minimum atomic E-state index is -4.70. The Morgan fingerprint density at radius 1 is 1.31 bits per heavy atom. The van der Waals surface area contributed by atoms with Crippen molar-refractivity contribution in [2.75, 3.05) is 20.7 Å². The van der Waals surface area contributed by atoms with Gasteiger partial charge in [0.05, 0.1) is 16.6 Å². The number of aromatic nitrogens is 2. The number of nitrogens with one attached hydrogen (secondary N) is 1. The molecule has 2 aromatic rings. The lowest BCUT2D eigenvalue weighted by molar-refractivity contribution is -0.141. The zero-order valence-electron chi connectivity index (χ0n) is 17.2. The van der Waals surface area contributed by atoms with Crippen LogP contribution in [0.15, 0.2) is 54.3 Å². The van der Waals surface area contributed by atoms with E-state index >= 15 is 0 Å². The molecular weight excluding hydrogens is 449 g/mol. The normalized spacial score (nSPS) is 15.8. The number of hydrogen-bond acceptors (Lipinski definition) is 4. The summed E-state index contributed by atoms with van der Waals surface area (Å²) in [7, 11) is 3.32. The van der Waals surface area contributed by atoms with Crippen LogP contribution < -0.4 is 10.1 Å². The molecule has 0 spiro atoms. The highest BCUT2D eigenvalue weighted by Gasteiger charge is 2.36. The first-order chi connectivity index (χ1) is 15.1. The van der Waals surface area contributed by atoms with E-state index in [2.05, 4.69) is 10.4 Å². The van der Waals surface area contributed by atoms with E-state index in [0.29, 0.717) is 18.2 Å².